The normalized spacial score (nSPS) is 13.6. The van der Waals surface area contributed by atoms with Crippen LogP contribution in [0.1, 0.15) is 12.0 Å². The molecule has 0 saturated heterocycles. The zero-order valence-electron chi connectivity index (χ0n) is 12.4. The zero-order chi connectivity index (χ0) is 15.8. The Hall–Kier alpha value is -2.65. The summed E-state index contributed by atoms with van der Waals surface area (Å²) in [4.78, 5) is 0.458. The summed E-state index contributed by atoms with van der Waals surface area (Å²) in [5.41, 5.74) is 1.80. The second-order valence-electron chi connectivity index (χ2n) is 5.56. The van der Waals surface area contributed by atoms with Gasteiger partial charge in [0.25, 0.3) is 0 Å². The third kappa shape index (κ3) is 2.30. The van der Waals surface area contributed by atoms with Crippen molar-refractivity contribution in [3.63, 3.8) is 0 Å². The highest BCUT2D eigenvalue weighted by atomic mass is 32.2. The van der Waals surface area contributed by atoms with Crippen LogP contribution in [0.2, 0.25) is 0 Å². The predicted octanol–water partition coefficient (Wildman–Crippen LogP) is 2.27. The van der Waals surface area contributed by atoms with Gasteiger partial charge in [-0.25, -0.2) is 0 Å². The third-order valence-corrected chi connectivity index (χ3v) is 5.05. The Morgan fingerprint density at radius 2 is 1.52 bits per heavy atom. The summed E-state index contributed by atoms with van der Waals surface area (Å²) in [5.74, 6) is 0. The van der Waals surface area contributed by atoms with Crippen LogP contribution in [0.25, 0.3) is 22.4 Å². The molecule has 112 valence electrons. The van der Waals surface area contributed by atoms with Gasteiger partial charge in [0.05, 0.1) is 4.86 Å². The van der Waals surface area contributed by atoms with Crippen LogP contribution >= 0.6 is 0 Å². The number of fused-ring (bicyclic) bond motifs is 2. The molecule has 0 aliphatic heterocycles. The Balaban J connectivity index is 2.25. The quantitative estimate of drug-likeness (QED) is 0.645. The van der Waals surface area contributed by atoms with E-state index in [-0.39, 0.29) is 0 Å². The lowest BCUT2D eigenvalue weighted by Crippen LogP contribution is -2.33. The van der Waals surface area contributed by atoms with Crippen LogP contribution in [0.3, 0.4) is 0 Å². The summed E-state index contributed by atoms with van der Waals surface area (Å²) < 4.78 is 23.6. The maximum Gasteiger partial charge on any atom is 0.218 e. The molecule has 0 radical (unpaired) electrons. The summed E-state index contributed by atoms with van der Waals surface area (Å²) >= 11 is 0. The minimum absolute atomic E-state index is 0.436. The van der Waals surface area contributed by atoms with Crippen molar-refractivity contribution in [3.8, 4) is 0 Å². The highest BCUT2D eigenvalue weighted by Gasteiger charge is 2.17. The van der Waals surface area contributed by atoms with E-state index in [1.807, 2.05) is 72.8 Å². The highest BCUT2D eigenvalue weighted by Crippen LogP contribution is 2.25. The Kier molecular flexibility index (Phi) is 3.36. The van der Waals surface area contributed by atoms with Gasteiger partial charge in [-0.1, -0.05) is 72.8 Å². The lowest BCUT2D eigenvalue weighted by molar-refractivity contribution is 0.627. The van der Waals surface area contributed by atoms with Gasteiger partial charge in [-0.2, -0.15) is 8.42 Å². The number of rotatable bonds is 1. The van der Waals surface area contributed by atoms with Gasteiger partial charge in [0.15, 0.2) is 0 Å². The van der Waals surface area contributed by atoms with E-state index < -0.39 is 10.3 Å². The Labute approximate surface area is 135 Å². The molecule has 0 heterocycles. The van der Waals surface area contributed by atoms with Gasteiger partial charge in [0, 0.05) is 12.0 Å². The number of hydrogen-bond donors (Lipinski definition) is 0. The van der Waals surface area contributed by atoms with E-state index in [4.69, 9.17) is 0 Å². The van der Waals surface area contributed by atoms with Crippen LogP contribution in [-0.2, 0) is 10.3 Å². The predicted molar refractivity (Wildman–Crippen MR) is 95.2 cm³/mol. The van der Waals surface area contributed by atoms with Crippen LogP contribution in [-0.4, -0.2) is 13.3 Å². The van der Waals surface area contributed by atoms with Crippen molar-refractivity contribution in [1.29, 1.82) is 0 Å². The molecule has 0 fully saturated rings. The van der Waals surface area contributed by atoms with Gasteiger partial charge in [0.2, 0.25) is 10.3 Å². The van der Waals surface area contributed by atoms with Gasteiger partial charge in [-0.3, -0.25) is 0 Å². The van der Waals surface area contributed by atoms with Gasteiger partial charge < -0.3 is 0 Å². The molecular weight excluding hydrogens is 304 g/mol. The molecule has 1 aliphatic rings. The molecular formula is C20H14O2S. The topological polar surface area (TPSA) is 34.1 Å². The van der Waals surface area contributed by atoms with E-state index >= 15 is 0 Å². The van der Waals surface area contributed by atoms with Crippen molar-refractivity contribution >= 4 is 37.6 Å². The average molecular weight is 318 g/mol. The standard InChI is InChI=1S/C20H14O2S/c21-23(22)19-13-12-15-7-2-4-10-17(15)20(19)18-11-5-8-14-6-1-3-9-16(14)18/h1-12H,13H2. The van der Waals surface area contributed by atoms with E-state index in [0.717, 1.165) is 32.3 Å². The van der Waals surface area contributed by atoms with Gasteiger partial charge in [-0.15, -0.1) is 0 Å². The first-order chi connectivity index (χ1) is 11.3. The first kappa shape index (κ1) is 14.0. The van der Waals surface area contributed by atoms with Crippen molar-refractivity contribution in [1.82, 2.24) is 0 Å². The molecule has 0 atom stereocenters. The second kappa shape index (κ2) is 5.52. The van der Waals surface area contributed by atoms with Crippen molar-refractivity contribution in [2.45, 2.75) is 6.42 Å². The maximum atomic E-state index is 11.8. The summed E-state index contributed by atoms with van der Waals surface area (Å²) in [5, 5.41) is 4.25. The first-order valence-electron chi connectivity index (χ1n) is 7.49. The Bertz CT molecular complexity index is 1170. The first-order valence-corrected chi connectivity index (χ1v) is 8.56. The fourth-order valence-electron chi connectivity index (χ4n) is 3.25. The average Bonchev–Trinajstić information content (AvgIpc) is 2.60. The smallest absolute Gasteiger partial charge is 0.184 e. The van der Waals surface area contributed by atoms with E-state index in [1.54, 1.807) is 0 Å². The lowest BCUT2D eigenvalue weighted by atomic mass is 9.90. The van der Waals surface area contributed by atoms with Crippen LogP contribution in [0.4, 0.5) is 0 Å². The van der Waals surface area contributed by atoms with Gasteiger partial charge >= 0.3 is 0 Å². The van der Waals surface area contributed by atoms with E-state index in [0.29, 0.717) is 11.3 Å². The second-order valence-corrected chi connectivity index (χ2v) is 6.52. The molecule has 0 unspecified atom stereocenters. The molecule has 23 heavy (non-hydrogen) atoms. The lowest BCUT2D eigenvalue weighted by Gasteiger charge is -2.14. The summed E-state index contributed by atoms with van der Waals surface area (Å²) in [7, 11) is -2.23. The molecule has 4 rings (SSSR count). The molecule has 0 N–H and O–H groups in total. The summed E-state index contributed by atoms with van der Waals surface area (Å²) in [6, 6.07) is 22.1. The molecule has 0 amide bonds. The van der Waals surface area contributed by atoms with E-state index in [2.05, 4.69) is 0 Å². The van der Waals surface area contributed by atoms with Gasteiger partial charge in [0.1, 0.15) is 0 Å². The largest absolute Gasteiger partial charge is 0.218 e. The SMILES string of the molecule is O=S(=O)=C1CC=c2ccccc2=C1c1cccc2ccccc12. The molecule has 3 aromatic rings. The zero-order valence-corrected chi connectivity index (χ0v) is 13.2. The Morgan fingerprint density at radius 1 is 0.783 bits per heavy atom. The van der Waals surface area contributed by atoms with Crippen LogP contribution in [0.15, 0.2) is 66.7 Å². The van der Waals surface area contributed by atoms with Crippen LogP contribution < -0.4 is 10.4 Å². The fourth-order valence-corrected chi connectivity index (χ4v) is 3.85. The molecule has 0 spiro atoms. The minimum Gasteiger partial charge on any atom is -0.184 e. The van der Waals surface area contributed by atoms with E-state index in [1.165, 1.54) is 0 Å². The summed E-state index contributed by atoms with van der Waals surface area (Å²) in [6.07, 6.45) is 2.42. The van der Waals surface area contributed by atoms with Crippen LogP contribution in [0, 0.1) is 0 Å². The van der Waals surface area contributed by atoms with Crippen molar-refractivity contribution in [2.75, 3.05) is 0 Å². The number of hydrogen-bond acceptors (Lipinski definition) is 2. The van der Waals surface area contributed by atoms with E-state index in [9.17, 15) is 8.42 Å². The van der Waals surface area contributed by atoms with Crippen molar-refractivity contribution in [3.05, 3.63) is 82.7 Å². The molecule has 0 aromatic heterocycles. The van der Waals surface area contributed by atoms with Crippen LogP contribution in [0.5, 0.6) is 0 Å². The molecule has 0 saturated carbocycles. The van der Waals surface area contributed by atoms with Crippen molar-refractivity contribution < 1.29 is 8.42 Å². The monoisotopic (exact) mass is 318 g/mol. The fraction of sp³-hybridized carbons (Fsp3) is 0.0500. The van der Waals surface area contributed by atoms with Gasteiger partial charge in [-0.05, 0) is 26.8 Å². The molecule has 2 nitrogen and oxygen atoms in total. The Morgan fingerprint density at radius 3 is 2.39 bits per heavy atom. The summed E-state index contributed by atoms with van der Waals surface area (Å²) in [6.45, 7) is 0. The molecule has 0 bridgehead atoms. The molecule has 1 aliphatic carbocycles. The third-order valence-electron chi connectivity index (χ3n) is 4.28. The molecule has 3 aromatic carbocycles. The molecule has 3 heteroatoms. The number of benzene rings is 3. The highest BCUT2D eigenvalue weighted by molar-refractivity contribution is 7.74. The maximum absolute atomic E-state index is 11.8. The minimum atomic E-state index is -2.23. The van der Waals surface area contributed by atoms with Crippen molar-refractivity contribution in [2.24, 2.45) is 0 Å².